The third-order valence-corrected chi connectivity index (χ3v) is 5.71. The minimum absolute atomic E-state index is 0.0295. The number of rotatable bonds is 10. The Labute approximate surface area is 159 Å². The monoisotopic (exact) mass is 376 g/mol. The van der Waals surface area contributed by atoms with Gasteiger partial charge in [-0.05, 0) is 62.1 Å². The first-order valence-electron chi connectivity index (χ1n) is 9.91. The molecule has 2 aliphatic carbocycles. The molecular weight excluding hydrogens is 347 g/mol. The number of nitrogens with zero attached hydrogens (tertiary/aromatic N) is 1. The first-order chi connectivity index (χ1) is 12.9. The van der Waals surface area contributed by atoms with Crippen molar-refractivity contribution in [3.05, 3.63) is 35.6 Å². The van der Waals surface area contributed by atoms with Gasteiger partial charge in [-0.3, -0.25) is 14.5 Å². The van der Waals surface area contributed by atoms with Gasteiger partial charge < -0.3 is 10.4 Å². The molecular formula is C21H29FN2O3. The smallest absolute Gasteiger partial charge is 0.317 e. The predicted octanol–water partition coefficient (Wildman–Crippen LogP) is 2.84. The highest BCUT2D eigenvalue weighted by molar-refractivity contribution is 5.78. The van der Waals surface area contributed by atoms with E-state index in [1.54, 1.807) is 6.07 Å². The van der Waals surface area contributed by atoms with Crippen LogP contribution < -0.4 is 5.32 Å². The van der Waals surface area contributed by atoms with Crippen LogP contribution in [0.15, 0.2) is 24.3 Å². The highest BCUT2D eigenvalue weighted by atomic mass is 19.1. The zero-order valence-electron chi connectivity index (χ0n) is 15.9. The molecule has 0 spiro atoms. The molecule has 1 unspecified atom stereocenters. The molecule has 2 N–H and O–H groups in total. The molecule has 148 valence electrons. The van der Waals surface area contributed by atoms with E-state index in [1.807, 2.05) is 13.0 Å². The molecule has 0 bridgehead atoms. The predicted molar refractivity (Wildman–Crippen MR) is 101 cm³/mol. The number of hydrogen-bond donors (Lipinski definition) is 2. The van der Waals surface area contributed by atoms with Crippen LogP contribution >= 0.6 is 0 Å². The molecule has 0 aliphatic heterocycles. The second-order valence-electron chi connectivity index (χ2n) is 8.17. The summed E-state index contributed by atoms with van der Waals surface area (Å²) in [5.41, 5.74) is 0.905. The van der Waals surface area contributed by atoms with Crippen LogP contribution in [0, 0.1) is 17.7 Å². The van der Waals surface area contributed by atoms with Crippen molar-refractivity contribution in [2.45, 2.75) is 57.5 Å². The summed E-state index contributed by atoms with van der Waals surface area (Å²) >= 11 is 0. The fourth-order valence-corrected chi connectivity index (χ4v) is 3.70. The lowest BCUT2D eigenvalue weighted by Crippen LogP contribution is -2.55. The maximum atomic E-state index is 13.2. The molecule has 0 heterocycles. The van der Waals surface area contributed by atoms with E-state index < -0.39 is 5.97 Å². The largest absolute Gasteiger partial charge is 0.480 e. The van der Waals surface area contributed by atoms with Crippen LogP contribution in [0.3, 0.4) is 0 Å². The van der Waals surface area contributed by atoms with Crippen LogP contribution in [-0.4, -0.2) is 47.1 Å². The maximum Gasteiger partial charge on any atom is 0.317 e. The molecule has 3 rings (SSSR count). The Morgan fingerprint density at radius 1 is 1.33 bits per heavy atom. The molecule has 1 aromatic carbocycles. The maximum absolute atomic E-state index is 13.2. The normalized spacial score (nSPS) is 22.9. The number of nitrogens with one attached hydrogen (secondary N) is 1. The molecule has 5 nitrogen and oxygen atoms in total. The topological polar surface area (TPSA) is 69.6 Å². The number of aliphatic carboxylic acids is 1. The minimum Gasteiger partial charge on any atom is -0.480 e. The van der Waals surface area contributed by atoms with Gasteiger partial charge in [-0.1, -0.05) is 19.1 Å². The number of benzene rings is 1. The lowest BCUT2D eigenvalue weighted by atomic mass is 9.84. The van der Waals surface area contributed by atoms with Crippen molar-refractivity contribution in [1.29, 1.82) is 0 Å². The van der Waals surface area contributed by atoms with Crippen molar-refractivity contribution in [2.24, 2.45) is 11.8 Å². The van der Waals surface area contributed by atoms with Crippen LogP contribution in [0.2, 0.25) is 0 Å². The Bertz CT molecular complexity index is 671. The molecule has 1 atom stereocenters. The summed E-state index contributed by atoms with van der Waals surface area (Å²) in [5.74, 6) is -0.479. The number of amides is 1. The third kappa shape index (κ3) is 6.03. The Balaban J connectivity index is 1.39. The van der Waals surface area contributed by atoms with Gasteiger partial charge >= 0.3 is 5.97 Å². The summed E-state index contributed by atoms with van der Waals surface area (Å²) in [6, 6.07) is 6.89. The van der Waals surface area contributed by atoms with E-state index in [9.17, 15) is 14.0 Å². The van der Waals surface area contributed by atoms with Gasteiger partial charge in [0.1, 0.15) is 5.82 Å². The van der Waals surface area contributed by atoms with E-state index in [2.05, 4.69) is 10.2 Å². The molecule has 0 radical (unpaired) electrons. The molecule has 2 saturated carbocycles. The molecule has 0 saturated heterocycles. The first kappa shape index (κ1) is 19.8. The van der Waals surface area contributed by atoms with Gasteiger partial charge in [0.25, 0.3) is 0 Å². The van der Waals surface area contributed by atoms with Crippen molar-refractivity contribution in [3.63, 3.8) is 0 Å². The summed E-state index contributed by atoms with van der Waals surface area (Å²) in [5, 5.41) is 12.2. The summed E-state index contributed by atoms with van der Waals surface area (Å²) in [6.07, 6.45) is 5.40. The Kier molecular flexibility index (Phi) is 6.47. The molecule has 1 amide bonds. The van der Waals surface area contributed by atoms with Crippen molar-refractivity contribution >= 4 is 11.9 Å². The third-order valence-electron chi connectivity index (χ3n) is 5.71. The Hall–Kier alpha value is -1.95. The minimum atomic E-state index is -0.783. The van der Waals surface area contributed by atoms with Crippen LogP contribution in [-0.2, 0) is 16.0 Å². The standard InChI is InChI=1S/C21H29FN2O3/c1-14(5-6-15-3-2-4-17(22)9-15)21(27)23-18-10-19(11-18)24(13-20(25)26)12-16-7-8-16/h2-4,9,14,16,18-19H,5-8,10-13H2,1H3,(H,23,27)(H,25,26). The Morgan fingerprint density at radius 3 is 2.70 bits per heavy atom. The van der Waals surface area contributed by atoms with Crippen LogP contribution in [0.1, 0.15) is 44.6 Å². The van der Waals surface area contributed by atoms with Gasteiger partial charge in [-0.25, -0.2) is 4.39 Å². The molecule has 2 aliphatic rings. The van der Waals surface area contributed by atoms with E-state index in [1.165, 1.54) is 25.0 Å². The van der Waals surface area contributed by atoms with Crippen LogP contribution in [0.5, 0.6) is 0 Å². The second-order valence-corrected chi connectivity index (χ2v) is 8.17. The van der Waals surface area contributed by atoms with E-state index in [-0.39, 0.29) is 36.3 Å². The van der Waals surface area contributed by atoms with Gasteiger partial charge in [-0.2, -0.15) is 0 Å². The number of carbonyl (C=O) groups is 2. The van der Waals surface area contributed by atoms with Crippen molar-refractivity contribution in [2.75, 3.05) is 13.1 Å². The van der Waals surface area contributed by atoms with E-state index in [4.69, 9.17) is 5.11 Å². The van der Waals surface area contributed by atoms with E-state index in [0.717, 1.165) is 24.9 Å². The van der Waals surface area contributed by atoms with Gasteiger partial charge in [0.15, 0.2) is 0 Å². The number of aryl methyl sites for hydroxylation is 1. The van der Waals surface area contributed by atoms with E-state index >= 15 is 0 Å². The average Bonchev–Trinajstić information content (AvgIpc) is 3.38. The zero-order chi connectivity index (χ0) is 19.4. The quantitative estimate of drug-likeness (QED) is 0.659. The molecule has 2 fully saturated rings. The average molecular weight is 376 g/mol. The van der Waals surface area contributed by atoms with Crippen LogP contribution in [0.25, 0.3) is 0 Å². The molecule has 6 heteroatoms. The van der Waals surface area contributed by atoms with Gasteiger partial charge in [0.2, 0.25) is 5.91 Å². The highest BCUT2D eigenvalue weighted by Crippen LogP contribution is 2.33. The van der Waals surface area contributed by atoms with Crippen molar-refractivity contribution < 1.29 is 19.1 Å². The van der Waals surface area contributed by atoms with Crippen LogP contribution in [0.4, 0.5) is 4.39 Å². The summed E-state index contributed by atoms with van der Waals surface area (Å²) in [4.78, 5) is 25.5. The summed E-state index contributed by atoms with van der Waals surface area (Å²) in [7, 11) is 0. The van der Waals surface area contributed by atoms with Gasteiger partial charge in [-0.15, -0.1) is 0 Å². The summed E-state index contributed by atoms with van der Waals surface area (Å²) < 4.78 is 13.2. The van der Waals surface area contributed by atoms with E-state index in [0.29, 0.717) is 18.8 Å². The van der Waals surface area contributed by atoms with Gasteiger partial charge in [0.05, 0.1) is 6.54 Å². The molecule has 1 aromatic rings. The fourth-order valence-electron chi connectivity index (χ4n) is 3.70. The number of carboxylic acid groups (broad SMARTS) is 1. The lowest BCUT2D eigenvalue weighted by molar-refractivity contribution is -0.140. The number of carboxylic acids is 1. The molecule has 0 aromatic heterocycles. The molecule has 27 heavy (non-hydrogen) atoms. The number of halogens is 1. The number of carbonyl (C=O) groups excluding carboxylic acids is 1. The Morgan fingerprint density at radius 2 is 2.07 bits per heavy atom. The van der Waals surface area contributed by atoms with Gasteiger partial charge in [0, 0.05) is 24.5 Å². The number of hydrogen-bond acceptors (Lipinski definition) is 3. The van der Waals surface area contributed by atoms with Crippen molar-refractivity contribution in [3.8, 4) is 0 Å². The van der Waals surface area contributed by atoms with Crippen molar-refractivity contribution in [1.82, 2.24) is 10.2 Å². The SMILES string of the molecule is CC(CCc1cccc(F)c1)C(=O)NC1CC(N(CC(=O)O)CC2CC2)C1. The zero-order valence-corrected chi connectivity index (χ0v) is 15.9. The second kappa shape index (κ2) is 8.83. The summed E-state index contributed by atoms with van der Waals surface area (Å²) in [6.45, 7) is 2.85. The fraction of sp³-hybridized carbons (Fsp3) is 0.619. The lowest BCUT2D eigenvalue weighted by Gasteiger charge is -2.43. The first-order valence-corrected chi connectivity index (χ1v) is 9.91. The highest BCUT2D eigenvalue weighted by Gasteiger charge is 2.38.